The molecule has 0 bridgehead atoms. The van der Waals surface area contributed by atoms with Crippen LogP contribution in [0.4, 0.5) is 0 Å². The van der Waals surface area contributed by atoms with Crippen LogP contribution in [-0.4, -0.2) is 18.0 Å². The number of hydrogen-bond donors (Lipinski definition) is 0. The van der Waals surface area contributed by atoms with Crippen LogP contribution in [-0.2, 0) is 0 Å². The van der Waals surface area contributed by atoms with Crippen LogP contribution in [0.15, 0.2) is 12.3 Å². The standard InChI is InChI=1S/C11H21N/c1-9(2)11(4)12-7-5-6-10(3)8-12/h9-10H,4-8H2,1-3H3. The van der Waals surface area contributed by atoms with Crippen molar-refractivity contribution >= 4 is 0 Å². The van der Waals surface area contributed by atoms with Gasteiger partial charge in [-0.1, -0.05) is 27.4 Å². The van der Waals surface area contributed by atoms with Crippen LogP contribution >= 0.6 is 0 Å². The molecule has 0 aromatic heterocycles. The highest BCUT2D eigenvalue weighted by Crippen LogP contribution is 2.22. The minimum Gasteiger partial charge on any atom is -0.375 e. The summed E-state index contributed by atoms with van der Waals surface area (Å²) in [6, 6.07) is 0. The maximum atomic E-state index is 4.14. The summed E-state index contributed by atoms with van der Waals surface area (Å²) in [6.07, 6.45) is 2.73. The minimum atomic E-state index is 0.607. The van der Waals surface area contributed by atoms with E-state index in [1.54, 1.807) is 0 Å². The highest BCUT2D eigenvalue weighted by atomic mass is 15.1. The van der Waals surface area contributed by atoms with E-state index in [1.165, 1.54) is 31.6 Å². The Kier molecular flexibility index (Phi) is 3.19. The minimum absolute atomic E-state index is 0.607. The lowest BCUT2D eigenvalue weighted by molar-refractivity contribution is 0.214. The second kappa shape index (κ2) is 3.97. The Morgan fingerprint density at radius 1 is 1.50 bits per heavy atom. The summed E-state index contributed by atoms with van der Waals surface area (Å²) >= 11 is 0. The van der Waals surface area contributed by atoms with Crippen LogP contribution < -0.4 is 0 Å². The maximum Gasteiger partial charge on any atom is 0.0200 e. The van der Waals surface area contributed by atoms with Gasteiger partial charge in [-0.25, -0.2) is 0 Å². The molecule has 1 aliphatic rings. The zero-order chi connectivity index (χ0) is 9.14. The molecule has 1 fully saturated rings. The van der Waals surface area contributed by atoms with Crippen LogP contribution in [0.5, 0.6) is 0 Å². The molecule has 0 radical (unpaired) electrons. The first-order valence-electron chi connectivity index (χ1n) is 5.05. The number of nitrogens with zero attached hydrogens (tertiary/aromatic N) is 1. The van der Waals surface area contributed by atoms with Gasteiger partial charge in [-0.15, -0.1) is 0 Å². The third kappa shape index (κ3) is 2.26. The average molecular weight is 167 g/mol. The number of likely N-dealkylation sites (tertiary alicyclic amines) is 1. The fraction of sp³-hybridized carbons (Fsp3) is 0.818. The van der Waals surface area contributed by atoms with E-state index in [0.29, 0.717) is 5.92 Å². The third-order valence-electron chi connectivity index (χ3n) is 2.73. The van der Waals surface area contributed by atoms with Crippen LogP contribution in [0.25, 0.3) is 0 Å². The summed E-state index contributed by atoms with van der Waals surface area (Å²) in [4.78, 5) is 2.46. The Balaban J connectivity index is 2.46. The maximum absolute atomic E-state index is 4.14. The average Bonchev–Trinajstić information content (AvgIpc) is 2.03. The van der Waals surface area contributed by atoms with Crippen molar-refractivity contribution in [3.05, 3.63) is 12.3 Å². The van der Waals surface area contributed by atoms with E-state index in [4.69, 9.17) is 0 Å². The second-order valence-corrected chi connectivity index (χ2v) is 4.34. The van der Waals surface area contributed by atoms with Crippen molar-refractivity contribution < 1.29 is 0 Å². The SMILES string of the molecule is C=C(C(C)C)N1CCCC(C)C1. The molecule has 0 aromatic rings. The Hall–Kier alpha value is -0.460. The van der Waals surface area contributed by atoms with Gasteiger partial charge < -0.3 is 4.90 Å². The molecule has 12 heavy (non-hydrogen) atoms. The number of allylic oxidation sites excluding steroid dienone is 1. The van der Waals surface area contributed by atoms with Gasteiger partial charge in [0.15, 0.2) is 0 Å². The molecule has 1 heteroatoms. The van der Waals surface area contributed by atoms with Crippen LogP contribution in [0.1, 0.15) is 33.6 Å². The largest absolute Gasteiger partial charge is 0.375 e. The summed E-state index contributed by atoms with van der Waals surface area (Å²) in [5, 5.41) is 0. The molecule has 1 unspecified atom stereocenters. The zero-order valence-corrected chi connectivity index (χ0v) is 8.64. The monoisotopic (exact) mass is 167 g/mol. The molecule has 1 nitrogen and oxygen atoms in total. The van der Waals surface area contributed by atoms with E-state index in [-0.39, 0.29) is 0 Å². The molecular weight excluding hydrogens is 146 g/mol. The molecule has 0 aromatic carbocycles. The Bertz CT molecular complexity index is 160. The summed E-state index contributed by atoms with van der Waals surface area (Å²) < 4.78 is 0. The summed E-state index contributed by atoms with van der Waals surface area (Å²) in [6.45, 7) is 13.4. The molecule has 0 aliphatic carbocycles. The molecule has 0 amide bonds. The second-order valence-electron chi connectivity index (χ2n) is 4.34. The first kappa shape index (κ1) is 9.63. The molecule has 1 heterocycles. The van der Waals surface area contributed by atoms with Gasteiger partial charge in [-0.2, -0.15) is 0 Å². The Morgan fingerprint density at radius 2 is 2.17 bits per heavy atom. The quantitative estimate of drug-likeness (QED) is 0.611. The van der Waals surface area contributed by atoms with Gasteiger partial charge in [0, 0.05) is 18.8 Å². The fourth-order valence-corrected chi connectivity index (χ4v) is 1.82. The van der Waals surface area contributed by atoms with Crippen molar-refractivity contribution in [1.29, 1.82) is 0 Å². The van der Waals surface area contributed by atoms with Crippen LogP contribution in [0.3, 0.4) is 0 Å². The van der Waals surface area contributed by atoms with E-state index in [0.717, 1.165) is 5.92 Å². The number of piperidine rings is 1. The lowest BCUT2D eigenvalue weighted by atomic mass is 9.98. The zero-order valence-electron chi connectivity index (χ0n) is 8.64. The summed E-state index contributed by atoms with van der Waals surface area (Å²) in [5.74, 6) is 1.46. The Morgan fingerprint density at radius 3 is 2.67 bits per heavy atom. The lowest BCUT2D eigenvalue weighted by Gasteiger charge is -2.35. The van der Waals surface area contributed by atoms with Crippen molar-refractivity contribution in [2.75, 3.05) is 13.1 Å². The normalized spacial score (nSPS) is 24.7. The lowest BCUT2D eigenvalue weighted by Crippen LogP contribution is -2.34. The van der Waals surface area contributed by atoms with Gasteiger partial charge in [-0.3, -0.25) is 0 Å². The van der Waals surface area contributed by atoms with Crippen molar-refractivity contribution in [1.82, 2.24) is 4.90 Å². The topological polar surface area (TPSA) is 3.24 Å². The van der Waals surface area contributed by atoms with Crippen molar-refractivity contribution in [3.8, 4) is 0 Å². The van der Waals surface area contributed by atoms with Crippen LogP contribution in [0.2, 0.25) is 0 Å². The van der Waals surface area contributed by atoms with E-state index >= 15 is 0 Å². The van der Waals surface area contributed by atoms with E-state index in [9.17, 15) is 0 Å². The molecule has 0 N–H and O–H groups in total. The Labute approximate surface area is 76.5 Å². The predicted molar refractivity (Wildman–Crippen MR) is 53.9 cm³/mol. The van der Waals surface area contributed by atoms with Crippen LogP contribution in [0, 0.1) is 11.8 Å². The molecular formula is C11H21N. The van der Waals surface area contributed by atoms with Crippen molar-refractivity contribution in [3.63, 3.8) is 0 Å². The van der Waals surface area contributed by atoms with E-state index in [1.807, 2.05) is 0 Å². The number of rotatable bonds is 2. The molecule has 1 saturated heterocycles. The molecule has 0 saturated carbocycles. The number of hydrogen-bond acceptors (Lipinski definition) is 1. The third-order valence-corrected chi connectivity index (χ3v) is 2.73. The van der Waals surface area contributed by atoms with Crippen molar-refractivity contribution in [2.24, 2.45) is 11.8 Å². The van der Waals surface area contributed by atoms with Crippen molar-refractivity contribution in [2.45, 2.75) is 33.6 Å². The molecule has 0 spiro atoms. The summed E-state index contributed by atoms with van der Waals surface area (Å²) in [5.41, 5.74) is 1.32. The predicted octanol–water partition coefficient (Wildman–Crippen LogP) is 2.89. The molecule has 1 atom stereocenters. The highest BCUT2D eigenvalue weighted by Gasteiger charge is 2.18. The first-order chi connectivity index (χ1) is 5.61. The van der Waals surface area contributed by atoms with Gasteiger partial charge in [0.05, 0.1) is 0 Å². The molecule has 1 aliphatic heterocycles. The van der Waals surface area contributed by atoms with Gasteiger partial charge in [0.25, 0.3) is 0 Å². The first-order valence-corrected chi connectivity index (χ1v) is 5.05. The van der Waals surface area contributed by atoms with Gasteiger partial charge in [0.1, 0.15) is 0 Å². The van der Waals surface area contributed by atoms with Gasteiger partial charge in [-0.05, 0) is 24.7 Å². The molecule has 70 valence electrons. The fourth-order valence-electron chi connectivity index (χ4n) is 1.82. The smallest absolute Gasteiger partial charge is 0.0200 e. The highest BCUT2D eigenvalue weighted by molar-refractivity contribution is 4.98. The van der Waals surface area contributed by atoms with Gasteiger partial charge in [0.2, 0.25) is 0 Å². The van der Waals surface area contributed by atoms with E-state index in [2.05, 4.69) is 32.3 Å². The summed E-state index contributed by atoms with van der Waals surface area (Å²) in [7, 11) is 0. The van der Waals surface area contributed by atoms with Gasteiger partial charge >= 0.3 is 0 Å². The molecule has 1 rings (SSSR count). The van der Waals surface area contributed by atoms with E-state index < -0.39 is 0 Å².